The Bertz CT molecular complexity index is 406. The van der Waals surface area contributed by atoms with Crippen molar-refractivity contribution in [2.24, 2.45) is 0 Å². The first-order valence-corrected chi connectivity index (χ1v) is 10.7. The molecule has 0 aromatic heterocycles. The van der Waals surface area contributed by atoms with E-state index in [0.29, 0.717) is 11.5 Å². The van der Waals surface area contributed by atoms with E-state index in [1.807, 2.05) is 30.3 Å². The van der Waals surface area contributed by atoms with E-state index >= 15 is 0 Å². The Morgan fingerprint density at radius 3 is 2.11 bits per heavy atom. The second kappa shape index (κ2) is 7.30. The number of thioether (sulfide) groups is 2. The first-order chi connectivity index (χ1) is 8.75. The van der Waals surface area contributed by atoms with Gasteiger partial charge in [-0.3, -0.25) is 0 Å². The van der Waals surface area contributed by atoms with Gasteiger partial charge in [0.05, 0.1) is 0 Å². The van der Waals surface area contributed by atoms with Gasteiger partial charge in [-0.1, -0.05) is 0 Å². The molecule has 0 atom stereocenters. The summed E-state index contributed by atoms with van der Waals surface area (Å²) >= 11 is 0.892. The number of rotatable bonds is 1. The number of carbonyl (C=O) groups excluding carboxylic acids is 2. The van der Waals surface area contributed by atoms with Crippen LogP contribution in [0.2, 0.25) is 0 Å². The van der Waals surface area contributed by atoms with Gasteiger partial charge < -0.3 is 0 Å². The molecule has 96 valence electrons. The van der Waals surface area contributed by atoms with Crippen LogP contribution in [0.5, 0.6) is 0 Å². The van der Waals surface area contributed by atoms with Gasteiger partial charge in [0, 0.05) is 0 Å². The minimum atomic E-state index is -2.10. The molecule has 4 nitrogen and oxygen atoms in total. The maximum absolute atomic E-state index is 11.4. The quantitative estimate of drug-likeness (QED) is 0.672. The molecule has 0 amide bonds. The average Bonchev–Trinajstić information content (AvgIpc) is 2.39. The fourth-order valence-electron chi connectivity index (χ4n) is 1.38. The molecule has 0 bridgehead atoms. The first-order valence-electron chi connectivity index (χ1n) is 5.35. The molecule has 0 radical (unpaired) electrons. The van der Waals surface area contributed by atoms with Crippen LogP contribution < -0.4 is 0 Å². The van der Waals surface area contributed by atoms with E-state index in [1.165, 1.54) is 23.5 Å². The van der Waals surface area contributed by atoms with Gasteiger partial charge in [0.25, 0.3) is 0 Å². The zero-order valence-electron chi connectivity index (χ0n) is 9.53. The van der Waals surface area contributed by atoms with Crippen molar-refractivity contribution in [2.75, 3.05) is 11.5 Å². The van der Waals surface area contributed by atoms with Crippen molar-refractivity contribution in [1.82, 2.24) is 0 Å². The molecular formula is C11H12O4S2Sn. The van der Waals surface area contributed by atoms with E-state index in [4.69, 9.17) is 6.15 Å². The Hall–Kier alpha value is -0.341. The van der Waals surface area contributed by atoms with Crippen LogP contribution in [0.25, 0.3) is 0 Å². The van der Waals surface area contributed by atoms with Gasteiger partial charge >= 0.3 is 125 Å². The molecular weight excluding hydrogens is 379 g/mol. The van der Waals surface area contributed by atoms with Crippen molar-refractivity contribution in [2.45, 2.75) is 4.58 Å². The van der Waals surface area contributed by atoms with Crippen LogP contribution in [0.3, 0.4) is 0 Å². The van der Waals surface area contributed by atoms with E-state index < -0.39 is 22.0 Å². The van der Waals surface area contributed by atoms with Gasteiger partial charge in [-0.15, -0.1) is 0 Å². The average molecular weight is 391 g/mol. The molecule has 0 aliphatic carbocycles. The number of hydrogen-bond donors (Lipinski definition) is 0. The predicted molar refractivity (Wildman–Crippen MR) is 74.8 cm³/mol. The van der Waals surface area contributed by atoms with Crippen molar-refractivity contribution >= 4 is 57.4 Å². The third kappa shape index (κ3) is 4.40. The summed E-state index contributed by atoms with van der Waals surface area (Å²) in [7, 11) is 0. The molecule has 18 heavy (non-hydrogen) atoms. The first kappa shape index (κ1) is 14.1. The van der Waals surface area contributed by atoms with E-state index in [1.54, 1.807) is 0 Å². The molecule has 1 aliphatic heterocycles. The zero-order chi connectivity index (χ0) is 12.8. The van der Waals surface area contributed by atoms with Gasteiger partial charge in [0.15, 0.2) is 0 Å². The Morgan fingerprint density at radius 2 is 1.56 bits per heavy atom. The molecule has 7 heteroatoms. The Kier molecular flexibility index (Phi) is 5.71. The SMILES string of the molecule is O=C1CSC(c2ccccc2)SCC(=O)[O][SnH2][O]1. The Balaban J connectivity index is 2.07. The summed E-state index contributed by atoms with van der Waals surface area (Å²) in [5.74, 6) is 0.0706. The van der Waals surface area contributed by atoms with Crippen molar-refractivity contribution < 1.29 is 15.7 Å². The van der Waals surface area contributed by atoms with Gasteiger partial charge in [0.2, 0.25) is 0 Å². The summed E-state index contributed by atoms with van der Waals surface area (Å²) in [6, 6.07) is 9.82. The van der Waals surface area contributed by atoms with Crippen LogP contribution in [-0.4, -0.2) is 45.4 Å². The monoisotopic (exact) mass is 392 g/mol. The molecule has 0 N–H and O–H groups in total. The number of carbonyl (C=O) groups is 2. The normalized spacial score (nSPS) is 23.2. The summed E-state index contributed by atoms with van der Waals surface area (Å²) in [6.45, 7) is 0. The molecule has 1 fully saturated rings. The number of hydrogen-bond acceptors (Lipinski definition) is 6. The van der Waals surface area contributed by atoms with E-state index in [0.717, 1.165) is 5.56 Å². The van der Waals surface area contributed by atoms with Gasteiger partial charge in [-0.25, -0.2) is 0 Å². The minimum absolute atomic E-state index is 0.0552. The second-order valence-corrected chi connectivity index (χ2v) is 8.32. The van der Waals surface area contributed by atoms with Crippen LogP contribution in [-0.2, 0) is 15.7 Å². The maximum atomic E-state index is 11.4. The van der Waals surface area contributed by atoms with E-state index in [2.05, 4.69) is 0 Å². The fourth-order valence-corrected chi connectivity index (χ4v) is 5.96. The third-order valence-electron chi connectivity index (χ3n) is 2.22. The molecule has 0 spiro atoms. The second-order valence-electron chi connectivity index (χ2n) is 3.52. The van der Waals surface area contributed by atoms with Crippen molar-refractivity contribution in [3.63, 3.8) is 0 Å². The number of benzene rings is 1. The predicted octanol–water partition coefficient (Wildman–Crippen LogP) is 1.25. The molecule has 1 aromatic carbocycles. The summed E-state index contributed by atoms with van der Waals surface area (Å²) in [5.41, 5.74) is 1.09. The molecule has 1 aliphatic rings. The molecule has 1 saturated heterocycles. The van der Waals surface area contributed by atoms with Crippen molar-refractivity contribution in [3.05, 3.63) is 35.9 Å². The molecule has 2 rings (SSSR count). The van der Waals surface area contributed by atoms with Crippen LogP contribution in [0.15, 0.2) is 30.3 Å². The van der Waals surface area contributed by atoms with Crippen LogP contribution in [0.1, 0.15) is 10.1 Å². The van der Waals surface area contributed by atoms with Crippen molar-refractivity contribution in [3.8, 4) is 0 Å². The summed E-state index contributed by atoms with van der Waals surface area (Å²) in [4.78, 5) is 22.8. The Morgan fingerprint density at radius 1 is 1.00 bits per heavy atom. The topological polar surface area (TPSA) is 52.6 Å². The molecule has 1 aromatic rings. The van der Waals surface area contributed by atoms with Gasteiger partial charge in [-0.05, 0) is 0 Å². The third-order valence-corrected chi connectivity index (χ3v) is 7.50. The summed E-state index contributed by atoms with van der Waals surface area (Å²) < 4.78 is 10.00. The van der Waals surface area contributed by atoms with Crippen LogP contribution >= 0.6 is 23.5 Å². The molecule has 0 saturated carbocycles. The van der Waals surface area contributed by atoms with E-state index in [-0.39, 0.29) is 16.5 Å². The fraction of sp³-hybridized carbons (Fsp3) is 0.273. The summed E-state index contributed by atoms with van der Waals surface area (Å²) in [6.07, 6.45) is 0. The van der Waals surface area contributed by atoms with E-state index in [9.17, 15) is 9.59 Å². The molecule has 1 heterocycles. The summed E-state index contributed by atoms with van der Waals surface area (Å²) in [5, 5.41) is 0. The van der Waals surface area contributed by atoms with Gasteiger partial charge in [-0.2, -0.15) is 0 Å². The zero-order valence-corrected chi connectivity index (χ0v) is 15.2. The van der Waals surface area contributed by atoms with Gasteiger partial charge in [0.1, 0.15) is 0 Å². The standard InChI is InChI=1S/C11H12O4S2.Sn.2H/c12-9(13)6-16-11(17-7-10(14)15)8-4-2-1-3-5-8;;;/h1-5,11H,6-7H2,(H,12,13)(H,14,15);;;/q;+2;;/p-2. The molecule has 0 unspecified atom stereocenters. The van der Waals surface area contributed by atoms with Crippen molar-refractivity contribution in [1.29, 1.82) is 0 Å². The van der Waals surface area contributed by atoms with Crippen LogP contribution in [0, 0.1) is 0 Å². The van der Waals surface area contributed by atoms with Crippen LogP contribution in [0.4, 0.5) is 0 Å². The Labute approximate surface area is 124 Å².